The molecule has 0 radical (unpaired) electrons. The van der Waals surface area contributed by atoms with Crippen molar-refractivity contribution in [2.45, 2.75) is 124 Å². The van der Waals surface area contributed by atoms with Crippen molar-refractivity contribution in [2.75, 3.05) is 26.2 Å². The van der Waals surface area contributed by atoms with E-state index in [9.17, 15) is 0 Å². The molecule has 0 aromatic carbocycles. The zero-order valence-electron chi connectivity index (χ0n) is 18.3. The topological polar surface area (TPSA) is 0 Å². The average molecular weight is 376 g/mol. The van der Waals surface area contributed by atoms with E-state index < -0.39 is 0 Å². The maximum atomic E-state index is 2.35. The van der Waals surface area contributed by atoms with E-state index in [1.54, 1.807) is 0 Å². The Hall–Kier alpha value is 0.250. The Bertz CT molecular complexity index is 211. The molecule has 0 aliphatic rings. The maximum Gasteiger partial charge on any atom is 0.0786 e. The van der Waals surface area contributed by atoms with E-state index in [1.165, 1.54) is 127 Å². The summed E-state index contributed by atoms with van der Waals surface area (Å²) in [6.07, 6.45) is 21.4. The van der Waals surface area contributed by atoms with Gasteiger partial charge in [-0.1, -0.05) is 72.6 Å². The fourth-order valence-electron chi connectivity index (χ4n) is 3.99. The SMILES string of the molecule is CCCCCC[N+](CCCCC)(CCCCCC)CCCCCC.[Cl-]. The van der Waals surface area contributed by atoms with Gasteiger partial charge in [0.25, 0.3) is 0 Å². The highest BCUT2D eigenvalue weighted by atomic mass is 35.5. The van der Waals surface area contributed by atoms with Gasteiger partial charge in [0.05, 0.1) is 26.2 Å². The van der Waals surface area contributed by atoms with E-state index in [0.29, 0.717) is 0 Å². The van der Waals surface area contributed by atoms with Gasteiger partial charge in [0, 0.05) is 0 Å². The summed E-state index contributed by atoms with van der Waals surface area (Å²) >= 11 is 0. The molecule has 0 aliphatic carbocycles. The van der Waals surface area contributed by atoms with Crippen molar-refractivity contribution in [2.24, 2.45) is 0 Å². The summed E-state index contributed by atoms with van der Waals surface area (Å²) in [5, 5.41) is 0. The summed E-state index contributed by atoms with van der Waals surface area (Å²) in [6, 6.07) is 0. The van der Waals surface area contributed by atoms with Crippen LogP contribution in [0.4, 0.5) is 0 Å². The van der Waals surface area contributed by atoms with Crippen molar-refractivity contribution in [3.05, 3.63) is 0 Å². The predicted octanol–water partition coefficient (Wildman–Crippen LogP) is 4.74. The molecule has 0 aromatic rings. The molecule has 25 heavy (non-hydrogen) atoms. The van der Waals surface area contributed by atoms with Crippen molar-refractivity contribution >= 4 is 0 Å². The molecule has 0 rings (SSSR count). The Morgan fingerprint density at radius 3 is 0.880 bits per heavy atom. The zero-order valence-corrected chi connectivity index (χ0v) is 19.0. The van der Waals surface area contributed by atoms with Gasteiger partial charge >= 0.3 is 0 Å². The Morgan fingerprint density at radius 1 is 0.360 bits per heavy atom. The Labute approximate surface area is 167 Å². The molecule has 1 nitrogen and oxygen atoms in total. The van der Waals surface area contributed by atoms with E-state index in [4.69, 9.17) is 0 Å². The minimum Gasteiger partial charge on any atom is -1.00 e. The largest absolute Gasteiger partial charge is 1.00 e. The lowest BCUT2D eigenvalue weighted by Gasteiger charge is -2.39. The summed E-state index contributed by atoms with van der Waals surface area (Å²) in [7, 11) is 0. The molecule has 0 bridgehead atoms. The number of halogens is 1. The lowest BCUT2D eigenvalue weighted by molar-refractivity contribution is -0.929. The van der Waals surface area contributed by atoms with E-state index in [2.05, 4.69) is 27.7 Å². The molecule has 0 unspecified atom stereocenters. The molecular formula is C23H50ClN. The van der Waals surface area contributed by atoms with Gasteiger partial charge in [-0.25, -0.2) is 0 Å². The molecule has 0 aromatic heterocycles. The van der Waals surface area contributed by atoms with Gasteiger partial charge in [0.1, 0.15) is 0 Å². The summed E-state index contributed by atoms with van der Waals surface area (Å²) < 4.78 is 1.46. The number of hydrogen-bond acceptors (Lipinski definition) is 0. The van der Waals surface area contributed by atoms with Crippen LogP contribution in [-0.2, 0) is 0 Å². The molecule has 0 saturated heterocycles. The number of rotatable bonds is 19. The first-order valence-electron chi connectivity index (χ1n) is 11.6. The lowest BCUT2D eigenvalue weighted by Crippen LogP contribution is -3.00. The summed E-state index contributed by atoms with van der Waals surface area (Å²) in [6.45, 7) is 15.2. The van der Waals surface area contributed by atoms with Crippen LogP contribution in [0.25, 0.3) is 0 Å². The molecule has 0 spiro atoms. The highest BCUT2D eigenvalue weighted by Gasteiger charge is 2.25. The van der Waals surface area contributed by atoms with Crippen LogP contribution < -0.4 is 12.4 Å². The van der Waals surface area contributed by atoms with E-state index in [0.717, 1.165) is 0 Å². The number of unbranched alkanes of at least 4 members (excludes halogenated alkanes) is 11. The smallest absolute Gasteiger partial charge is 0.0786 e. The molecule has 154 valence electrons. The first-order chi connectivity index (χ1) is 11.7. The van der Waals surface area contributed by atoms with Gasteiger partial charge in [-0.3, -0.25) is 0 Å². The fourth-order valence-corrected chi connectivity index (χ4v) is 3.99. The van der Waals surface area contributed by atoms with Crippen LogP contribution in [0.1, 0.15) is 124 Å². The van der Waals surface area contributed by atoms with Gasteiger partial charge in [-0.15, -0.1) is 0 Å². The minimum absolute atomic E-state index is 0. The number of nitrogens with zero attached hydrogens (tertiary/aromatic N) is 1. The third-order valence-corrected chi connectivity index (χ3v) is 5.69. The molecule has 0 atom stereocenters. The minimum atomic E-state index is 0. The maximum absolute atomic E-state index is 2.35. The molecule has 0 fully saturated rings. The highest BCUT2D eigenvalue weighted by Crippen LogP contribution is 2.19. The molecule has 2 heteroatoms. The summed E-state index contributed by atoms with van der Waals surface area (Å²) in [4.78, 5) is 0. The fraction of sp³-hybridized carbons (Fsp3) is 1.00. The Morgan fingerprint density at radius 2 is 0.600 bits per heavy atom. The second-order valence-electron chi connectivity index (χ2n) is 8.13. The van der Waals surface area contributed by atoms with Crippen LogP contribution in [0.5, 0.6) is 0 Å². The van der Waals surface area contributed by atoms with Crippen molar-refractivity contribution in [1.29, 1.82) is 0 Å². The average Bonchev–Trinajstić information content (AvgIpc) is 2.60. The summed E-state index contributed by atoms with van der Waals surface area (Å²) in [5.41, 5.74) is 0. The quantitative estimate of drug-likeness (QED) is 0.226. The van der Waals surface area contributed by atoms with Crippen LogP contribution >= 0.6 is 0 Å². The third kappa shape index (κ3) is 16.2. The molecular weight excluding hydrogens is 326 g/mol. The van der Waals surface area contributed by atoms with Crippen LogP contribution in [0.3, 0.4) is 0 Å². The summed E-state index contributed by atoms with van der Waals surface area (Å²) in [5.74, 6) is 0. The van der Waals surface area contributed by atoms with Gasteiger partial charge in [0.15, 0.2) is 0 Å². The van der Waals surface area contributed by atoms with Crippen LogP contribution in [-0.4, -0.2) is 30.7 Å². The van der Waals surface area contributed by atoms with Gasteiger partial charge in [-0.05, 0) is 51.4 Å². The van der Waals surface area contributed by atoms with Gasteiger partial charge in [0.2, 0.25) is 0 Å². The first-order valence-corrected chi connectivity index (χ1v) is 11.6. The monoisotopic (exact) mass is 375 g/mol. The number of hydrogen-bond donors (Lipinski definition) is 0. The molecule has 0 N–H and O–H groups in total. The Balaban J connectivity index is 0. The van der Waals surface area contributed by atoms with Crippen molar-refractivity contribution in [3.8, 4) is 0 Å². The highest BCUT2D eigenvalue weighted by molar-refractivity contribution is 4.53. The van der Waals surface area contributed by atoms with E-state index >= 15 is 0 Å². The predicted molar refractivity (Wildman–Crippen MR) is 112 cm³/mol. The normalized spacial score (nSPS) is 11.5. The first kappa shape index (κ1) is 27.5. The molecule has 0 saturated carbocycles. The lowest BCUT2D eigenvalue weighted by atomic mass is 10.1. The molecule has 0 amide bonds. The van der Waals surface area contributed by atoms with Crippen molar-refractivity contribution in [1.82, 2.24) is 0 Å². The second kappa shape index (κ2) is 20.6. The second-order valence-corrected chi connectivity index (χ2v) is 8.13. The number of quaternary nitrogens is 1. The zero-order chi connectivity index (χ0) is 17.9. The molecule has 0 aliphatic heterocycles. The van der Waals surface area contributed by atoms with E-state index in [-0.39, 0.29) is 12.4 Å². The van der Waals surface area contributed by atoms with E-state index in [1.807, 2.05) is 0 Å². The van der Waals surface area contributed by atoms with Crippen LogP contribution in [0.2, 0.25) is 0 Å². The van der Waals surface area contributed by atoms with Crippen LogP contribution in [0, 0.1) is 0 Å². The van der Waals surface area contributed by atoms with Gasteiger partial charge in [-0.2, -0.15) is 0 Å². The van der Waals surface area contributed by atoms with Crippen LogP contribution in [0.15, 0.2) is 0 Å². The molecule has 0 heterocycles. The Kier molecular flexibility index (Phi) is 22.6. The van der Waals surface area contributed by atoms with Crippen molar-refractivity contribution in [3.63, 3.8) is 0 Å². The van der Waals surface area contributed by atoms with Crippen molar-refractivity contribution < 1.29 is 16.9 Å². The third-order valence-electron chi connectivity index (χ3n) is 5.69. The van der Waals surface area contributed by atoms with Gasteiger partial charge < -0.3 is 16.9 Å². The standard InChI is InChI=1S/C23H50N.ClH/c1-5-9-13-17-21-24(20-16-12-8-4,22-18-14-10-6-2)23-19-15-11-7-3;/h5-23H2,1-4H3;1H/q+1;/p-1.